The molecule has 0 aliphatic carbocycles. The standard InChI is InChI=1S/C2H5O3.Li/c3-1-2(4)5;/h3-5H,1H2;/q-1;+1. The van der Waals surface area contributed by atoms with Crippen molar-refractivity contribution >= 4 is 0 Å². The van der Waals surface area contributed by atoms with Crippen LogP contribution in [0.2, 0.25) is 0 Å². The van der Waals surface area contributed by atoms with Crippen molar-refractivity contribution in [2.45, 2.75) is 0 Å². The van der Waals surface area contributed by atoms with Gasteiger partial charge in [0.1, 0.15) is 0 Å². The maximum atomic E-state index is 7.61. The van der Waals surface area contributed by atoms with E-state index in [1.165, 1.54) is 0 Å². The Kier molecular flexibility index (Phi) is 8.85. The molecule has 0 unspecified atom stereocenters. The molecule has 0 aliphatic rings. The second-order valence-corrected chi connectivity index (χ2v) is 0.574. The average Bonchev–Trinajstić information content (AvgIpc) is 1.38. The Morgan fingerprint density at radius 2 is 1.50 bits per heavy atom. The predicted octanol–water partition coefficient (Wildman–Crippen LogP) is -3.78. The minimum Gasteiger partial charge on any atom is -0.534 e. The van der Waals surface area contributed by atoms with Crippen LogP contribution in [-0.2, 0) is 0 Å². The van der Waals surface area contributed by atoms with Gasteiger partial charge in [-0.3, -0.25) is 0 Å². The summed E-state index contributed by atoms with van der Waals surface area (Å²) in [5.74, 6) is 0. The largest absolute Gasteiger partial charge is 1.00 e. The summed E-state index contributed by atoms with van der Waals surface area (Å²) in [6.45, 7) is -0.667. The summed E-state index contributed by atoms with van der Waals surface area (Å²) in [6.07, 6.45) is -0.940. The van der Waals surface area contributed by atoms with Gasteiger partial charge in [-0.1, -0.05) is 6.29 Å². The molecule has 0 aromatic rings. The number of aliphatic hydroxyl groups is 3. The summed E-state index contributed by atoms with van der Waals surface area (Å²) in [7, 11) is 0. The minimum atomic E-state index is -0.940. The van der Waals surface area contributed by atoms with Gasteiger partial charge in [0.25, 0.3) is 0 Å². The molecule has 32 valence electrons. The Bertz CT molecular complexity index is 22.8. The third-order valence-corrected chi connectivity index (χ3v) is 0.141. The van der Waals surface area contributed by atoms with Gasteiger partial charge in [-0.25, -0.2) is 0 Å². The van der Waals surface area contributed by atoms with E-state index in [9.17, 15) is 0 Å². The van der Waals surface area contributed by atoms with Crippen molar-refractivity contribution in [2.24, 2.45) is 0 Å². The topological polar surface area (TPSA) is 60.7 Å². The number of hydrogen-bond donors (Lipinski definition) is 3. The van der Waals surface area contributed by atoms with Gasteiger partial charge in [0.2, 0.25) is 0 Å². The zero-order valence-corrected chi connectivity index (χ0v) is 3.55. The Balaban J connectivity index is 0. The van der Waals surface area contributed by atoms with Gasteiger partial charge in [-0.2, -0.15) is 0 Å². The molecule has 0 rings (SSSR count). The number of hydrogen-bond acceptors (Lipinski definition) is 3. The molecule has 0 aromatic carbocycles. The molecule has 0 spiro atoms. The summed E-state index contributed by atoms with van der Waals surface area (Å²) in [5.41, 5.74) is 0. The van der Waals surface area contributed by atoms with E-state index in [2.05, 4.69) is 0 Å². The van der Waals surface area contributed by atoms with Crippen LogP contribution in [0.3, 0.4) is 0 Å². The molecular formula is C2H5LiO3. The molecule has 0 aliphatic heterocycles. The minimum absolute atomic E-state index is 0. The molecule has 0 aromatic heterocycles. The SMILES string of the molecule is OC[C-](O)O.[Li+]. The van der Waals surface area contributed by atoms with Crippen molar-refractivity contribution in [3.63, 3.8) is 0 Å². The van der Waals surface area contributed by atoms with E-state index in [-0.39, 0.29) is 18.9 Å². The van der Waals surface area contributed by atoms with Gasteiger partial charge in [-0.05, 0) is 6.61 Å². The van der Waals surface area contributed by atoms with Crippen LogP contribution in [0.25, 0.3) is 0 Å². The second-order valence-electron chi connectivity index (χ2n) is 0.574. The van der Waals surface area contributed by atoms with E-state index in [4.69, 9.17) is 15.3 Å². The van der Waals surface area contributed by atoms with Gasteiger partial charge in [-0.15, -0.1) is 0 Å². The summed E-state index contributed by atoms with van der Waals surface area (Å²) < 4.78 is 0. The molecule has 6 heavy (non-hydrogen) atoms. The van der Waals surface area contributed by atoms with Crippen LogP contribution < -0.4 is 18.9 Å². The molecule has 0 saturated carbocycles. The van der Waals surface area contributed by atoms with Gasteiger partial charge >= 0.3 is 18.9 Å². The smallest absolute Gasteiger partial charge is 0.534 e. The maximum absolute atomic E-state index is 7.61. The number of rotatable bonds is 1. The van der Waals surface area contributed by atoms with E-state index in [1.807, 2.05) is 0 Å². The Labute approximate surface area is 47.8 Å². The van der Waals surface area contributed by atoms with Gasteiger partial charge in [0, 0.05) is 0 Å². The quantitative estimate of drug-likeness (QED) is 0.226. The number of aliphatic hydroxyl groups excluding tert-OH is 2. The average molecular weight is 84.0 g/mol. The third kappa shape index (κ3) is 8.82. The van der Waals surface area contributed by atoms with Crippen molar-refractivity contribution in [2.75, 3.05) is 6.61 Å². The fourth-order valence-electron chi connectivity index (χ4n) is 0. The monoisotopic (exact) mass is 84.0 g/mol. The van der Waals surface area contributed by atoms with Gasteiger partial charge < -0.3 is 15.3 Å². The molecule has 0 amide bonds. The molecule has 3 nitrogen and oxygen atoms in total. The van der Waals surface area contributed by atoms with Crippen molar-refractivity contribution < 1.29 is 34.2 Å². The second kappa shape index (κ2) is 5.48. The molecule has 0 heterocycles. The van der Waals surface area contributed by atoms with E-state index < -0.39 is 12.9 Å². The van der Waals surface area contributed by atoms with Crippen LogP contribution in [-0.4, -0.2) is 21.9 Å². The van der Waals surface area contributed by atoms with Crippen LogP contribution in [0.15, 0.2) is 0 Å². The van der Waals surface area contributed by atoms with Gasteiger partial charge in [0.05, 0.1) is 0 Å². The molecule has 3 N–H and O–H groups in total. The molecule has 0 fully saturated rings. The predicted molar refractivity (Wildman–Crippen MR) is 14.2 cm³/mol. The summed E-state index contributed by atoms with van der Waals surface area (Å²) in [6, 6.07) is 0. The Morgan fingerprint density at radius 1 is 1.33 bits per heavy atom. The van der Waals surface area contributed by atoms with E-state index >= 15 is 0 Å². The zero-order valence-electron chi connectivity index (χ0n) is 3.55. The van der Waals surface area contributed by atoms with Crippen LogP contribution in [0.1, 0.15) is 0 Å². The van der Waals surface area contributed by atoms with Crippen LogP contribution in [0.4, 0.5) is 0 Å². The maximum Gasteiger partial charge on any atom is 1.00 e. The summed E-state index contributed by atoms with van der Waals surface area (Å²) in [5, 5.41) is 22.8. The van der Waals surface area contributed by atoms with Crippen LogP contribution >= 0.6 is 0 Å². The Morgan fingerprint density at radius 3 is 1.50 bits per heavy atom. The summed E-state index contributed by atoms with van der Waals surface area (Å²) in [4.78, 5) is 0. The van der Waals surface area contributed by atoms with Crippen molar-refractivity contribution in [1.29, 1.82) is 0 Å². The van der Waals surface area contributed by atoms with E-state index in [0.29, 0.717) is 0 Å². The fourth-order valence-corrected chi connectivity index (χ4v) is 0. The molecule has 4 heteroatoms. The first kappa shape index (κ1) is 9.69. The van der Waals surface area contributed by atoms with E-state index in [1.54, 1.807) is 0 Å². The van der Waals surface area contributed by atoms with E-state index in [0.717, 1.165) is 0 Å². The van der Waals surface area contributed by atoms with Crippen molar-refractivity contribution in [3.8, 4) is 0 Å². The normalized spacial score (nSPS) is 8.00. The first-order valence-electron chi connectivity index (χ1n) is 1.12. The molecular weight excluding hydrogens is 79.0 g/mol. The third-order valence-electron chi connectivity index (χ3n) is 0.141. The zero-order chi connectivity index (χ0) is 4.28. The molecule has 0 saturated heterocycles. The van der Waals surface area contributed by atoms with Crippen LogP contribution in [0, 0.1) is 6.29 Å². The molecule has 0 radical (unpaired) electrons. The van der Waals surface area contributed by atoms with Crippen molar-refractivity contribution in [3.05, 3.63) is 6.29 Å². The van der Waals surface area contributed by atoms with Gasteiger partial charge in [0.15, 0.2) is 0 Å². The fraction of sp³-hybridized carbons (Fsp3) is 0.500. The Hall–Kier alpha value is 0.477. The van der Waals surface area contributed by atoms with Crippen LogP contribution in [0.5, 0.6) is 0 Å². The first-order chi connectivity index (χ1) is 2.27. The summed E-state index contributed by atoms with van der Waals surface area (Å²) >= 11 is 0. The first-order valence-corrected chi connectivity index (χ1v) is 1.12. The van der Waals surface area contributed by atoms with Crippen molar-refractivity contribution in [1.82, 2.24) is 0 Å². The molecule has 0 atom stereocenters. The molecule has 0 bridgehead atoms.